The summed E-state index contributed by atoms with van der Waals surface area (Å²) in [7, 11) is 0. The van der Waals surface area contributed by atoms with E-state index in [-0.39, 0.29) is 12.4 Å². The van der Waals surface area contributed by atoms with Crippen molar-refractivity contribution in [2.45, 2.75) is 26.7 Å². The van der Waals surface area contributed by atoms with Gasteiger partial charge in [-0.15, -0.1) is 0 Å². The van der Waals surface area contributed by atoms with E-state index in [0.717, 1.165) is 6.42 Å². The number of hydrogen-bond donors (Lipinski definition) is 1. The summed E-state index contributed by atoms with van der Waals surface area (Å²) < 4.78 is 5.08. The molecule has 0 fully saturated rings. The fourth-order valence-corrected chi connectivity index (χ4v) is 1.15. The van der Waals surface area contributed by atoms with Crippen LogP contribution in [0.15, 0.2) is 18.3 Å². The van der Waals surface area contributed by atoms with Gasteiger partial charge in [0.2, 0.25) is 0 Å². The van der Waals surface area contributed by atoms with Crippen molar-refractivity contribution in [2.24, 2.45) is 5.92 Å². The second kappa shape index (κ2) is 6.10. The smallest absolute Gasteiger partial charge is 0.311 e. The highest BCUT2D eigenvalue weighted by molar-refractivity contribution is 5.72. The normalized spacial score (nSPS) is 10.4. The van der Waals surface area contributed by atoms with E-state index >= 15 is 0 Å². The van der Waals surface area contributed by atoms with Crippen molar-refractivity contribution in [1.29, 1.82) is 0 Å². The zero-order valence-corrected chi connectivity index (χ0v) is 9.77. The van der Waals surface area contributed by atoms with Crippen molar-refractivity contribution in [2.75, 3.05) is 12.3 Å². The van der Waals surface area contributed by atoms with E-state index in [0.29, 0.717) is 23.9 Å². The fraction of sp³-hybridized carbons (Fsp3) is 0.500. The molecule has 0 aliphatic heterocycles. The molecule has 1 rings (SSSR count). The van der Waals surface area contributed by atoms with E-state index in [1.807, 2.05) is 0 Å². The van der Waals surface area contributed by atoms with Gasteiger partial charge in [-0.05, 0) is 24.5 Å². The maximum Gasteiger partial charge on any atom is 0.311 e. The van der Waals surface area contributed by atoms with Crippen molar-refractivity contribution < 1.29 is 9.53 Å². The van der Waals surface area contributed by atoms with Crippen LogP contribution >= 0.6 is 0 Å². The molecule has 1 aromatic rings. The van der Waals surface area contributed by atoms with Crippen molar-refractivity contribution >= 4 is 11.7 Å². The minimum atomic E-state index is -0.238. The number of nitrogens with two attached hydrogens (primary N) is 1. The quantitative estimate of drug-likeness (QED) is 0.771. The first kappa shape index (κ1) is 12.5. The Morgan fingerprint density at radius 3 is 2.81 bits per heavy atom. The number of rotatable bonds is 5. The third-order valence-corrected chi connectivity index (χ3v) is 2.13. The Kier molecular flexibility index (Phi) is 4.76. The summed E-state index contributed by atoms with van der Waals surface area (Å²) in [6, 6.07) is 3.46. The Morgan fingerprint density at radius 1 is 1.50 bits per heavy atom. The van der Waals surface area contributed by atoms with Crippen LogP contribution in [0.3, 0.4) is 0 Å². The summed E-state index contributed by atoms with van der Waals surface area (Å²) in [5, 5.41) is 0. The Hall–Kier alpha value is -1.58. The standard InChI is InChI=1S/C12H18N2O2/c1-9(2)5-6-16-12(15)7-11-4-3-10(13)8-14-11/h3-4,8-9H,5-7,13H2,1-2H3. The van der Waals surface area contributed by atoms with Crippen LogP contribution in [0.25, 0.3) is 0 Å². The molecule has 0 aliphatic rings. The summed E-state index contributed by atoms with van der Waals surface area (Å²) in [5.74, 6) is 0.306. The van der Waals surface area contributed by atoms with E-state index in [9.17, 15) is 4.79 Å². The first-order chi connectivity index (χ1) is 7.58. The molecule has 88 valence electrons. The largest absolute Gasteiger partial charge is 0.465 e. The van der Waals surface area contributed by atoms with Gasteiger partial charge in [-0.2, -0.15) is 0 Å². The number of esters is 1. The molecule has 16 heavy (non-hydrogen) atoms. The molecule has 1 heterocycles. The third-order valence-electron chi connectivity index (χ3n) is 2.13. The summed E-state index contributed by atoms with van der Waals surface area (Å²) in [6.45, 7) is 4.66. The molecule has 0 spiro atoms. The van der Waals surface area contributed by atoms with Gasteiger partial charge < -0.3 is 10.5 Å². The van der Waals surface area contributed by atoms with Gasteiger partial charge in [-0.3, -0.25) is 9.78 Å². The first-order valence-corrected chi connectivity index (χ1v) is 5.44. The molecule has 0 saturated carbocycles. The predicted molar refractivity (Wildman–Crippen MR) is 62.8 cm³/mol. The lowest BCUT2D eigenvalue weighted by Crippen LogP contribution is -2.11. The summed E-state index contributed by atoms with van der Waals surface area (Å²) >= 11 is 0. The average Bonchev–Trinajstić information content (AvgIpc) is 2.21. The highest BCUT2D eigenvalue weighted by Crippen LogP contribution is 2.04. The van der Waals surface area contributed by atoms with Crippen LogP contribution in [0.1, 0.15) is 26.0 Å². The number of pyridine rings is 1. The number of carbonyl (C=O) groups is 1. The molecule has 0 bridgehead atoms. The minimum absolute atomic E-state index is 0.207. The van der Waals surface area contributed by atoms with Gasteiger partial charge in [0.05, 0.1) is 30.6 Å². The molecule has 0 radical (unpaired) electrons. The SMILES string of the molecule is CC(C)CCOC(=O)Cc1ccc(N)cn1. The lowest BCUT2D eigenvalue weighted by Gasteiger charge is -2.06. The Bertz CT molecular complexity index is 333. The molecule has 1 aromatic heterocycles. The van der Waals surface area contributed by atoms with Gasteiger partial charge in [-0.25, -0.2) is 0 Å². The Labute approximate surface area is 95.8 Å². The number of ether oxygens (including phenoxy) is 1. The van der Waals surface area contributed by atoms with E-state index < -0.39 is 0 Å². The number of nitrogens with zero attached hydrogens (tertiary/aromatic N) is 1. The van der Waals surface area contributed by atoms with Crippen LogP contribution < -0.4 is 5.73 Å². The highest BCUT2D eigenvalue weighted by atomic mass is 16.5. The number of hydrogen-bond acceptors (Lipinski definition) is 4. The van der Waals surface area contributed by atoms with Crippen LogP contribution in [0, 0.1) is 5.92 Å². The number of nitrogen functional groups attached to an aromatic ring is 1. The van der Waals surface area contributed by atoms with Crippen molar-refractivity contribution in [3.05, 3.63) is 24.0 Å². The summed E-state index contributed by atoms with van der Waals surface area (Å²) in [5.41, 5.74) is 6.77. The van der Waals surface area contributed by atoms with Crippen LogP contribution in [-0.4, -0.2) is 17.6 Å². The molecule has 2 N–H and O–H groups in total. The molecular weight excluding hydrogens is 204 g/mol. The topological polar surface area (TPSA) is 65.2 Å². The third kappa shape index (κ3) is 4.77. The van der Waals surface area contributed by atoms with E-state index in [1.54, 1.807) is 12.1 Å². The van der Waals surface area contributed by atoms with E-state index in [4.69, 9.17) is 10.5 Å². The van der Waals surface area contributed by atoms with Gasteiger partial charge >= 0.3 is 5.97 Å². The van der Waals surface area contributed by atoms with Crippen molar-refractivity contribution in [3.8, 4) is 0 Å². The van der Waals surface area contributed by atoms with Gasteiger partial charge in [0.15, 0.2) is 0 Å². The van der Waals surface area contributed by atoms with Crippen LogP contribution in [0.5, 0.6) is 0 Å². The number of aromatic nitrogens is 1. The van der Waals surface area contributed by atoms with Gasteiger partial charge in [-0.1, -0.05) is 13.8 Å². The van der Waals surface area contributed by atoms with Gasteiger partial charge in [0.25, 0.3) is 0 Å². The lowest BCUT2D eigenvalue weighted by molar-refractivity contribution is -0.143. The van der Waals surface area contributed by atoms with Crippen LogP contribution in [0.4, 0.5) is 5.69 Å². The van der Waals surface area contributed by atoms with E-state index in [2.05, 4.69) is 18.8 Å². The molecular formula is C12H18N2O2. The molecule has 0 aromatic carbocycles. The monoisotopic (exact) mass is 222 g/mol. The maximum absolute atomic E-state index is 11.4. The van der Waals surface area contributed by atoms with Crippen molar-refractivity contribution in [3.63, 3.8) is 0 Å². The number of anilines is 1. The number of carbonyl (C=O) groups excluding carboxylic acids is 1. The van der Waals surface area contributed by atoms with E-state index in [1.165, 1.54) is 6.20 Å². The fourth-order valence-electron chi connectivity index (χ4n) is 1.15. The molecule has 0 amide bonds. The first-order valence-electron chi connectivity index (χ1n) is 5.44. The zero-order valence-electron chi connectivity index (χ0n) is 9.77. The molecule has 0 unspecified atom stereocenters. The van der Waals surface area contributed by atoms with Gasteiger partial charge in [0, 0.05) is 0 Å². The van der Waals surface area contributed by atoms with Gasteiger partial charge in [0.1, 0.15) is 0 Å². The minimum Gasteiger partial charge on any atom is -0.465 e. The molecule has 4 nitrogen and oxygen atoms in total. The van der Waals surface area contributed by atoms with Crippen LogP contribution in [-0.2, 0) is 16.0 Å². The molecule has 0 atom stereocenters. The molecule has 0 saturated heterocycles. The Morgan fingerprint density at radius 2 is 2.25 bits per heavy atom. The maximum atomic E-state index is 11.4. The summed E-state index contributed by atoms with van der Waals surface area (Å²) in [4.78, 5) is 15.4. The average molecular weight is 222 g/mol. The zero-order chi connectivity index (χ0) is 12.0. The second-order valence-corrected chi connectivity index (χ2v) is 4.16. The molecule has 0 aliphatic carbocycles. The second-order valence-electron chi connectivity index (χ2n) is 4.16. The van der Waals surface area contributed by atoms with Crippen LogP contribution in [0.2, 0.25) is 0 Å². The lowest BCUT2D eigenvalue weighted by atomic mass is 10.1. The summed E-state index contributed by atoms with van der Waals surface area (Å²) in [6.07, 6.45) is 2.63. The van der Waals surface area contributed by atoms with Crippen molar-refractivity contribution in [1.82, 2.24) is 4.98 Å². The molecule has 4 heteroatoms. The Balaban J connectivity index is 2.31. The highest BCUT2D eigenvalue weighted by Gasteiger charge is 2.06. The predicted octanol–water partition coefficient (Wildman–Crippen LogP) is 1.80.